The smallest absolute Gasteiger partial charge is 0.233 e. The van der Waals surface area contributed by atoms with Crippen LogP contribution >= 0.6 is 0 Å². The lowest BCUT2D eigenvalue weighted by molar-refractivity contribution is -0.140. The fraction of sp³-hybridized carbons (Fsp3) is 0.333. The maximum Gasteiger partial charge on any atom is 0.233 e. The molecule has 0 spiro atoms. The molecule has 1 aliphatic rings. The minimum Gasteiger partial charge on any atom is -0.493 e. The van der Waals surface area contributed by atoms with Gasteiger partial charge in [-0.25, -0.2) is 0 Å². The normalized spacial score (nSPS) is 16.6. The number of methoxy groups -OCH3 is 3. The quantitative estimate of drug-likeness (QED) is 0.702. The summed E-state index contributed by atoms with van der Waals surface area (Å²) in [5.74, 6) is 0.903. The summed E-state index contributed by atoms with van der Waals surface area (Å²) in [4.78, 5) is 26.5. The first-order valence-corrected chi connectivity index (χ1v) is 8.74. The predicted molar refractivity (Wildman–Crippen MR) is 99.9 cm³/mol. The summed E-state index contributed by atoms with van der Waals surface area (Å²) in [5.41, 5.74) is 1.80. The lowest BCUT2D eigenvalue weighted by atomic mass is 9.97. The Bertz CT molecular complexity index is 809. The number of benzene rings is 2. The molecule has 1 aliphatic heterocycles. The van der Waals surface area contributed by atoms with Crippen LogP contribution in [0.25, 0.3) is 0 Å². The number of amides is 2. The first-order chi connectivity index (χ1) is 13.1. The van der Waals surface area contributed by atoms with Crippen LogP contribution in [0.4, 0.5) is 0 Å². The molecule has 0 aliphatic carbocycles. The van der Waals surface area contributed by atoms with E-state index in [9.17, 15) is 9.59 Å². The Morgan fingerprint density at radius 2 is 1.56 bits per heavy atom. The lowest BCUT2D eigenvalue weighted by Crippen LogP contribution is -2.30. The van der Waals surface area contributed by atoms with Crippen LogP contribution in [0.2, 0.25) is 0 Å². The van der Waals surface area contributed by atoms with E-state index in [-0.39, 0.29) is 24.2 Å². The minimum atomic E-state index is -0.385. The highest BCUT2D eigenvalue weighted by molar-refractivity contribution is 6.03. The molecule has 1 fully saturated rings. The van der Waals surface area contributed by atoms with E-state index in [1.807, 2.05) is 42.5 Å². The fourth-order valence-corrected chi connectivity index (χ4v) is 3.38. The van der Waals surface area contributed by atoms with Crippen molar-refractivity contribution in [2.75, 3.05) is 21.3 Å². The van der Waals surface area contributed by atoms with E-state index in [1.54, 1.807) is 21.3 Å². The Morgan fingerprint density at radius 3 is 2.11 bits per heavy atom. The highest BCUT2D eigenvalue weighted by atomic mass is 16.5. The number of ether oxygens (including phenoxy) is 3. The highest BCUT2D eigenvalue weighted by Gasteiger charge is 2.38. The van der Waals surface area contributed by atoms with Gasteiger partial charge in [-0.05, 0) is 29.7 Å². The molecule has 2 aromatic carbocycles. The van der Waals surface area contributed by atoms with Crippen LogP contribution in [0.15, 0.2) is 42.5 Å². The number of likely N-dealkylation sites (tertiary alicyclic amines) is 1. The second kappa shape index (κ2) is 8.12. The second-order valence-corrected chi connectivity index (χ2v) is 6.44. The van der Waals surface area contributed by atoms with Crippen LogP contribution in [-0.4, -0.2) is 38.0 Å². The van der Waals surface area contributed by atoms with E-state index in [0.717, 1.165) is 11.1 Å². The number of nitrogens with zero attached hydrogens (tertiary/aromatic N) is 1. The Morgan fingerprint density at radius 1 is 0.926 bits per heavy atom. The van der Waals surface area contributed by atoms with Crippen LogP contribution in [0.1, 0.15) is 17.5 Å². The zero-order valence-electron chi connectivity index (χ0n) is 15.7. The SMILES string of the molecule is COc1cc(CC2CC(=O)N(Cc3ccccc3)C2=O)cc(OC)c1OC. The molecule has 2 amide bonds. The van der Waals surface area contributed by atoms with Crippen molar-refractivity contribution in [1.29, 1.82) is 0 Å². The third kappa shape index (κ3) is 3.89. The number of rotatable bonds is 7. The number of carbonyl (C=O) groups is 2. The van der Waals surface area contributed by atoms with Gasteiger partial charge in [-0.1, -0.05) is 30.3 Å². The standard InChI is InChI=1S/C21H23NO5/c1-25-17-10-15(11-18(26-2)20(17)27-3)9-16-12-19(23)22(21(16)24)13-14-7-5-4-6-8-14/h4-8,10-11,16H,9,12-13H2,1-3H3. The molecule has 1 saturated heterocycles. The van der Waals surface area contributed by atoms with Crippen molar-refractivity contribution < 1.29 is 23.8 Å². The summed E-state index contributed by atoms with van der Waals surface area (Å²) in [5, 5.41) is 0. The van der Waals surface area contributed by atoms with Crippen LogP contribution in [0, 0.1) is 5.92 Å². The summed E-state index contributed by atoms with van der Waals surface area (Å²) in [6, 6.07) is 13.2. The Balaban J connectivity index is 1.78. The number of imide groups is 1. The van der Waals surface area contributed by atoms with E-state index in [4.69, 9.17) is 14.2 Å². The molecule has 0 aromatic heterocycles. The zero-order chi connectivity index (χ0) is 19.4. The number of hydrogen-bond acceptors (Lipinski definition) is 5. The van der Waals surface area contributed by atoms with Crippen molar-refractivity contribution in [3.63, 3.8) is 0 Å². The summed E-state index contributed by atoms with van der Waals surface area (Å²) in [7, 11) is 4.64. The summed E-state index contributed by atoms with van der Waals surface area (Å²) >= 11 is 0. The van der Waals surface area contributed by atoms with Gasteiger partial charge < -0.3 is 14.2 Å². The van der Waals surface area contributed by atoms with Crippen LogP contribution in [-0.2, 0) is 22.6 Å². The Kier molecular flexibility index (Phi) is 5.64. The molecule has 27 heavy (non-hydrogen) atoms. The lowest BCUT2D eigenvalue weighted by Gasteiger charge is -2.17. The van der Waals surface area contributed by atoms with Gasteiger partial charge in [-0.2, -0.15) is 0 Å². The van der Waals surface area contributed by atoms with Crippen molar-refractivity contribution in [3.05, 3.63) is 53.6 Å². The van der Waals surface area contributed by atoms with E-state index in [2.05, 4.69) is 0 Å². The summed E-state index contributed by atoms with van der Waals surface area (Å²) in [6.45, 7) is 0.310. The average molecular weight is 369 g/mol. The van der Waals surface area contributed by atoms with Gasteiger partial charge in [-0.3, -0.25) is 14.5 Å². The van der Waals surface area contributed by atoms with Gasteiger partial charge in [0.05, 0.1) is 33.8 Å². The van der Waals surface area contributed by atoms with Gasteiger partial charge in [0.25, 0.3) is 0 Å². The van der Waals surface area contributed by atoms with Crippen LogP contribution < -0.4 is 14.2 Å². The van der Waals surface area contributed by atoms with E-state index in [1.165, 1.54) is 4.90 Å². The maximum absolute atomic E-state index is 12.8. The van der Waals surface area contributed by atoms with Gasteiger partial charge in [0, 0.05) is 6.42 Å². The van der Waals surface area contributed by atoms with Gasteiger partial charge >= 0.3 is 0 Å². The first-order valence-electron chi connectivity index (χ1n) is 8.74. The van der Waals surface area contributed by atoms with Crippen LogP contribution in [0.5, 0.6) is 17.2 Å². The molecular formula is C21H23NO5. The maximum atomic E-state index is 12.8. The number of hydrogen-bond donors (Lipinski definition) is 0. The summed E-state index contributed by atoms with van der Waals surface area (Å²) < 4.78 is 16.1. The molecule has 3 rings (SSSR count). The highest BCUT2D eigenvalue weighted by Crippen LogP contribution is 2.39. The molecule has 1 unspecified atom stereocenters. The van der Waals surface area contributed by atoms with Crippen molar-refractivity contribution in [2.45, 2.75) is 19.4 Å². The van der Waals surface area contributed by atoms with Gasteiger partial charge in [0.2, 0.25) is 17.6 Å². The van der Waals surface area contributed by atoms with Crippen molar-refractivity contribution in [3.8, 4) is 17.2 Å². The molecule has 0 saturated carbocycles. The third-order valence-corrected chi connectivity index (χ3v) is 4.73. The van der Waals surface area contributed by atoms with E-state index >= 15 is 0 Å². The molecule has 1 atom stereocenters. The van der Waals surface area contributed by atoms with E-state index in [0.29, 0.717) is 30.2 Å². The molecule has 1 heterocycles. The van der Waals surface area contributed by atoms with E-state index < -0.39 is 0 Å². The molecule has 2 aromatic rings. The molecule has 6 heteroatoms. The summed E-state index contributed by atoms with van der Waals surface area (Å²) in [6.07, 6.45) is 0.648. The molecule has 142 valence electrons. The Labute approximate surface area is 158 Å². The third-order valence-electron chi connectivity index (χ3n) is 4.73. The van der Waals surface area contributed by atoms with Gasteiger partial charge in [-0.15, -0.1) is 0 Å². The second-order valence-electron chi connectivity index (χ2n) is 6.44. The van der Waals surface area contributed by atoms with Crippen LogP contribution in [0.3, 0.4) is 0 Å². The molecule has 0 bridgehead atoms. The zero-order valence-corrected chi connectivity index (χ0v) is 15.7. The molecule has 0 N–H and O–H groups in total. The molecule has 6 nitrogen and oxygen atoms in total. The topological polar surface area (TPSA) is 65.1 Å². The van der Waals surface area contributed by atoms with Gasteiger partial charge in [0.1, 0.15) is 0 Å². The fourth-order valence-electron chi connectivity index (χ4n) is 3.38. The predicted octanol–water partition coefficient (Wildman–Crippen LogP) is 2.83. The first kappa shape index (κ1) is 18.8. The average Bonchev–Trinajstić information content (AvgIpc) is 2.95. The van der Waals surface area contributed by atoms with Crippen molar-refractivity contribution in [1.82, 2.24) is 4.90 Å². The molecule has 0 radical (unpaired) electrons. The Hall–Kier alpha value is -3.02. The largest absolute Gasteiger partial charge is 0.493 e. The van der Waals surface area contributed by atoms with Crippen molar-refractivity contribution in [2.24, 2.45) is 5.92 Å². The van der Waals surface area contributed by atoms with Crippen molar-refractivity contribution >= 4 is 11.8 Å². The number of carbonyl (C=O) groups excluding carboxylic acids is 2. The minimum absolute atomic E-state index is 0.138. The monoisotopic (exact) mass is 369 g/mol. The van der Waals surface area contributed by atoms with Gasteiger partial charge in [0.15, 0.2) is 11.5 Å². The molecular weight excluding hydrogens is 346 g/mol.